The van der Waals surface area contributed by atoms with Gasteiger partial charge in [-0.05, 0) is 79.4 Å². The van der Waals surface area contributed by atoms with E-state index < -0.39 is 0 Å². The van der Waals surface area contributed by atoms with Gasteiger partial charge in [-0.1, -0.05) is 19.9 Å². The SMILES string of the molecule is C=CC(N)C1C[C@@]2(C)C(CC[C@H]3[C@@H]4CC[C@H](O)[C@@]4(C)CC[C@@H]32)CC1=O. The third-order valence-corrected chi connectivity index (χ3v) is 9.27. The Morgan fingerprint density at radius 1 is 1.16 bits per heavy atom. The summed E-state index contributed by atoms with van der Waals surface area (Å²) in [5.74, 6) is 2.95. The lowest BCUT2D eigenvalue weighted by Gasteiger charge is -2.61. The van der Waals surface area contributed by atoms with Crippen LogP contribution in [0.1, 0.15) is 65.2 Å². The number of aliphatic hydroxyl groups is 1. The van der Waals surface area contributed by atoms with Crippen molar-refractivity contribution in [1.82, 2.24) is 0 Å². The average molecular weight is 346 g/mol. The summed E-state index contributed by atoms with van der Waals surface area (Å²) in [6.07, 6.45) is 10.3. The van der Waals surface area contributed by atoms with Crippen molar-refractivity contribution in [2.45, 2.75) is 77.4 Å². The maximum absolute atomic E-state index is 12.7. The second-order valence-electron chi connectivity index (χ2n) is 10.1. The molecule has 4 aliphatic rings. The summed E-state index contributed by atoms with van der Waals surface area (Å²) >= 11 is 0. The molecule has 4 fully saturated rings. The van der Waals surface area contributed by atoms with E-state index in [9.17, 15) is 9.90 Å². The Morgan fingerprint density at radius 2 is 1.88 bits per heavy atom. The van der Waals surface area contributed by atoms with Crippen molar-refractivity contribution in [3.63, 3.8) is 0 Å². The highest BCUT2D eigenvalue weighted by molar-refractivity contribution is 5.83. The maximum Gasteiger partial charge on any atom is 0.138 e. The molecule has 0 amide bonds. The second kappa shape index (κ2) is 5.92. The summed E-state index contributed by atoms with van der Waals surface area (Å²) < 4.78 is 0. The number of nitrogens with two attached hydrogens (primary N) is 1. The van der Waals surface area contributed by atoms with Crippen LogP contribution in [0.2, 0.25) is 0 Å². The van der Waals surface area contributed by atoms with Crippen molar-refractivity contribution >= 4 is 5.78 Å². The van der Waals surface area contributed by atoms with Crippen molar-refractivity contribution < 1.29 is 9.90 Å². The lowest BCUT2D eigenvalue weighted by molar-refractivity contribution is -0.150. The average Bonchev–Trinajstić information content (AvgIpc) is 2.89. The van der Waals surface area contributed by atoms with Gasteiger partial charge in [0.05, 0.1) is 6.10 Å². The summed E-state index contributed by atoms with van der Waals surface area (Å²) in [5.41, 5.74) is 6.60. The molecular formula is C22H35NO2. The fourth-order valence-corrected chi connectivity index (χ4v) is 7.66. The highest BCUT2D eigenvalue weighted by atomic mass is 16.3. The third kappa shape index (κ3) is 2.41. The minimum Gasteiger partial charge on any atom is -0.393 e. The number of rotatable bonds is 2. The van der Waals surface area contributed by atoms with Gasteiger partial charge in [0, 0.05) is 18.4 Å². The molecule has 0 heterocycles. The first kappa shape index (κ1) is 17.7. The quantitative estimate of drug-likeness (QED) is 0.750. The Balaban J connectivity index is 1.63. The van der Waals surface area contributed by atoms with Gasteiger partial charge in [0.1, 0.15) is 5.78 Å². The van der Waals surface area contributed by atoms with Crippen LogP contribution in [0.15, 0.2) is 12.7 Å². The van der Waals surface area contributed by atoms with Gasteiger partial charge in [0.2, 0.25) is 0 Å². The van der Waals surface area contributed by atoms with Crippen LogP contribution in [0.4, 0.5) is 0 Å². The van der Waals surface area contributed by atoms with E-state index >= 15 is 0 Å². The van der Waals surface area contributed by atoms with Gasteiger partial charge >= 0.3 is 0 Å². The van der Waals surface area contributed by atoms with Crippen molar-refractivity contribution in [2.75, 3.05) is 0 Å². The first-order valence-corrected chi connectivity index (χ1v) is 10.4. The number of Topliss-reactive ketones (excluding diaryl/α,β-unsaturated/α-hetero) is 1. The third-order valence-electron chi connectivity index (χ3n) is 9.27. The standard InChI is InChI=1S/C22H35NO2/c1-4-18(23)15-12-22(3)13(11-19(15)24)5-6-14-16-7-8-20(25)21(16,2)10-9-17(14)22/h4,13-18,20,25H,1,5-12,23H2,2-3H3/t13?,14-,15?,16-,17-,18?,20-,21-,22-/m0/s1. The number of carbonyl (C=O) groups is 1. The molecule has 25 heavy (non-hydrogen) atoms. The maximum atomic E-state index is 12.7. The highest BCUT2D eigenvalue weighted by Crippen LogP contribution is 2.66. The molecule has 0 saturated heterocycles. The predicted octanol–water partition coefficient (Wildman–Crippen LogP) is 3.70. The largest absolute Gasteiger partial charge is 0.393 e. The number of carbonyl (C=O) groups excluding carboxylic acids is 1. The summed E-state index contributed by atoms with van der Waals surface area (Å²) in [7, 11) is 0. The van der Waals surface area contributed by atoms with Crippen LogP contribution in [0.25, 0.3) is 0 Å². The first-order valence-electron chi connectivity index (χ1n) is 10.4. The fraction of sp³-hybridized carbons (Fsp3) is 0.864. The van der Waals surface area contributed by atoms with Crippen molar-refractivity contribution in [2.24, 2.45) is 46.2 Å². The molecule has 3 N–H and O–H groups in total. The van der Waals surface area contributed by atoms with Gasteiger partial charge in [-0.25, -0.2) is 0 Å². The zero-order valence-corrected chi connectivity index (χ0v) is 15.9. The van der Waals surface area contributed by atoms with E-state index in [4.69, 9.17) is 5.73 Å². The molecule has 4 saturated carbocycles. The monoisotopic (exact) mass is 345 g/mol. The lowest BCUT2D eigenvalue weighted by Crippen LogP contribution is -2.56. The van der Waals surface area contributed by atoms with Crippen LogP contribution < -0.4 is 5.73 Å². The van der Waals surface area contributed by atoms with E-state index in [0.29, 0.717) is 23.5 Å². The number of fused-ring (bicyclic) bond motifs is 5. The van der Waals surface area contributed by atoms with E-state index in [1.807, 2.05) is 0 Å². The Hall–Kier alpha value is -0.670. The molecule has 3 heteroatoms. The molecular weight excluding hydrogens is 310 g/mol. The topological polar surface area (TPSA) is 63.3 Å². The zero-order chi connectivity index (χ0) is 18.0. The first-order chi connectivity index (χ1) is 11.8. The van der Waals surface area contributed by atoms with Crippen LogP contribution in [0.3, 0.4) is 0 Å². The molecule has 0 aromatic rings. The van der Waals surface area contributed by atoms with Crippen LogP contribution in [-0.4, -0.2) is 23.0 Å². The molecule has 0 spiro atoms. The van der Waals surface area contributed by atoms with Gasteiger partial charge < -0.3 is 10.8 Å². The summed E-state index contributed by atoms with van der Waals surface area (Å²) in [6, 6.07) is -0.201. The summed E-state index contributed by atoms with van der Waals surface area (Å²) in [5, 5.41) is 10.6. The van der Waals surface area contributed by atoms with Gasteiger partial charge in [0.25, 0.3) is 0 Å². The Labute approximate surface area is 152 Å². The Morgan fingerprint density at radius 3 is 2.60 bits per heavy atom. The van der Waals surface area contributed by atoms with Gasteiger partial charge in [-0.15, -0.1) is 6.58 Å². The number of aliphatic hydroxyl groups excluding tert-OH is 1. The minimum atomic E-state index is -0.201. The molecule has 4 aliphatic carbocycles. The van der Waals surface area contributed by atoms with Gasteiger partial charge in [-0.2, -0.15) is 0 Å². The van der Waals surface area contributed by atoms with Crippen molar-refractivity contribution in [3.8, 4) is 0 Å². The van der Waals surface area contributed by atoms with Crippen molar-refractivity contribution in [1.29, 1.82) is 0 Å². The number of hydrogen-bond donors (Lipinski definition) is 2. The molecule has 0 aromatic carbocycles. The Kier molecular flexibility index (Phi) is 4.20. The van der Waals surface area contributed by atoms with Crippen LogP contribution >= 0.6 is 0 Å². The normalized spacial score (nSPS) is 53.5. The fourth-order valence-electron chi connectivity index (χ4n) is 7.66. The molecule has 0 radical (unpaired) electrons. The van der Waals surface area contributed by atoms with Gasteiger partial charge in [-0.3, -0.25) is 4.79 Å². The molecule has 9 atom stereocenters. The van der Waals surface area contributed by atoms with E-state index in [1.54, 1.807) is 6.08 Å². The van der Waals surface area contributed by atoms with Crippen LogP contribution in [0.5, 0.6) is 0 Å². The van der Waals surface area contributed by atoms with E-state index in [0.717, 1.165) is 31.6 Å². The second-order valence-corrected chi connectivity index (χ2v) is 10.1. The predicted molar refractivity (Wildman–Crippen MR) is 99.8 cm³/mol. The van der Waals surface area contributed by atoms with E-state index in [-0.39, 0.29) is 28.9 Å². The smallest absolute Gasteiger partial charge is 0.138 e. The number of hydrogen-bond acceptors (Lipinski definition) is 3. The Bertz CT molecular complexity index is 574. The lowest BCUT2D eigenvalue weighted by atomic mass is 9.44. The van der Waals surface area contributed by atoms with Crippen LogP contribution in [0, 0.1) is 40.4 Å². The van der Waals surface area contributed by atoms with E-state index in [2.05, 4.69) is 20.4 Å². The van der Waals surface area contributed by atoms with E-state index in [1.165, 1.54) is 25.7 Å². The minimum absolute atomic E-state index is 0.0417. The highest BCUT2D eigenvalue weighted by Gasteiger charge is 2.61. The molecule has 3 nitrogen and oxygen atoms in total. The number of ketones is 1. The van der Waals surface area contributed by atoms with Crippen LogP contribution in [-0.2, 0) is 4.79 Å². The molecule has 140 valence electrons. The zero-order valence-electron chi connectivity index (χ0n) is 15.9. The molecule has 0 aliphatic heterocycles. The molecule has 0 bridgehead atoms. The van der Waals surface area contributed by atoms with Crippen molar-refractivity contribution in [3.05, 3.63) is 12.7 Å². The molecule has 3 unspecified atom stereocenters. The van der Waals surface area contributed by atoms with Gasteiger partial charge in [0.15, 0.2) is 0 Å². The molecule has 0 aromatic heterocycles. The summed E-state index contributed by atoms with van der Waals surface area (Å²) in [4.78, 5) is 12.7. The summed E-state index contributed by atoms with van der Waals surface area (Å²) in [6.45, 7) is 8.62. The molecule has 4 rings (SSSR count).